The molecule has 3 aliphatic rings. The molecule has 0 aromatic rings. The molecule has 0 bridgehead atoms. The molecule has 0 unspecified atom stereocenters. The summed E-state index contributed by atoms with van der Waals surface area (Å²) in [6.45, 7) is 7.31. The highest BCUT2D eigenvalue weighted by Crippen LogP contribution is 2.62. The second-order valence-electron chi connectivity index (χ2n) is 7.36. The van der Waals surface area contributed by atoms with Gasteiger partial charge in [0.1, 0.15) is 0 Å². The average Bonchev–Trinajstić information content (AvgIpc) is 2.58. The molecular weight excluding hydrogens is 208 g/mol. The minimum atomic E-state index is 0.330. The molecule has 0 heterocycles. The lowest BCUT2D eigenvalue weighted by atomic mass is 9.49. The van der Waals surface area contributed by atoms with Gasteiger partial charge >= 0.3 is 0 Å². The van der Waals surface area contributed by atoms with Gasteiger partial charge in [-0.05, 0) is 54.4 Å². The fourth-order valence-electron chi connectivity index (χ4n) is 5.14. The van der Waals surface area contributed by atoms with Crippen molar-refractivity contribution in [2.24, 2.45) is 22.7 Å². The second kappa shape index (κ2) is 3.46. The molecule has 2 saturated carbocycles. The quantitative estimate of drug-likeness (QED) is 0.614. The Balaban J connectivity index is 2.02. The fraction of sp³-hybridized carbons (Fsp3) is 0.812. The summed E-state index contributed by atoms with van der Waals surface area (Å²) in [5.74, 6) is 1.77. The van der Waals surface area contributed by atoms with Crippen LogP contribution in [0.25, 0.3) is 0 Å². The zero-order valence-electron chi connectivity index (χ0n) is 11.4. The highest BCUT2D eigenvalue weighted by Gasteiger charge is 2.53. The Morgan fingerprint density at radius 2 is 1.94 bits per heavy atom. The SMILES string of the molecule is CC1(C)CCC[C@]2(C)C3=CC(=O)C[C@@H]3CC[C@@H]12. The van der Waals surface area contributed by atoms with Crippen LogP contribution in [0.4, 0.5) is 0 Å². The number of carbonyl (C=O) groups is 1. The van der Waals surface area contributed by atoms with Gasteiger partial charge in [-0.15, -0.1) is 0 Å². The van der Waals surface area contributed by atoms with E-state index in [0.29, 0.717) is 22.5 Å². The summed E-state index contributed by atoms with van der Waals surface area (Å²) in [5, 5.41) is 0. The van der Waals surface area contributed by atoms with Crippen molar-refractivity contribution >= 4 is 5.78 Å². The van der Waals surface area contributed by atoms with Crippen LogP contribution in [0, 0.1) is 22.7 Å². The molecule has 17 heavy (non-hydrogen) atoms. The molecule has 0 amide bonds. The van der Waals surface area contributed by atoms with E-state index >= 15 is 0 Å². The number of rotatable bonds is 0. The molecule has 0 spiro atoms. The van der Waals surface area contributed by atoms with E-state index in [0.717, 1.165) is 12.3 Å². The molecule has 1 nitrogen and oxygen atoms in total. The summed E-state index contributed by atoms with van der Waals surface area (Å²) >= 11 is 0. The fourth-order valence-corrected chi connectivity index (χ4v) is 5.14. The Kier molecular flexibility index (Phi) is 2.34. The molecule has 0 N–H and O–H groups in total. The third kappa shape index (κ3) is 1.54. The Hall–Kier alpha value is -0.590. The van der Waals surface area contributed by atoms with Crippen molar-refractivity contribution in [1.29, 1.82) is 0 Å². The van der Waals surface area contributed by atoms with Crippen molar-refractivity contribution in [3.05, 3.63) is 11.6 Å². The maximum Gasteiger partial charge on any atom is 0.156 e. The Morgan fingerprint density at radius 1 is 1.18 bits per heavy atom. The molecule has 94 valence electrons. The molecule has 0 radical (unpaired) electrons. The standard InChI is InChI=1S/C16H24O/c1-15(2)7-4-8-16(3)13-10-12(17)9-11(13)5-6-14(15)16/h10-11,14H,4-9H2,1-3H3/t11-,14-,16+/m0/s1. The van der Waals surface area contributed by atoms with Crippen molar-refractivity contribution in [3.63, 3.8) is 0 Å². The van der Waals surface area contributed by atoms with E-state index in [-0.39, 0.29) is 0 Å². The van der Waals surface area contributed by atoms with E-state index in [1.54, 1.807) is 0 Å². The van der Waals surface area contributed by atoms with E-state index in [1.807, 2.05) is 6.08 Å². The van der Waals surface area contributed by atoms with Crippen LogP contribution >= 0.6 is 0 Å². The largest absolute Gasteiger partial charge is 0.295 e. The van der Waals surface area contributed by atoms with Crippen LogP contribution < -0.4 is 0 Å². The first-order chi connectivity index (χ1) is 7.93. The molecule has 3 aliphatic carbocycles. The average molecular weight is 232 g/mol. The van der Waals surface area contributed by atoms with Crippen molar-refractivity contribution in [1.82, 2.24) is 0 Å². The van der Waals surface area contributed by atoms with Crippen LogP contribution in [0.15, 0.2) is 11.6 Å². The van der Waals surface area contributed by atoms with Gasteiger partial charge in [0.25, 0.3) is 0 Å². The smallest absolute Gasteiger partial charge is 0.156 e. The van der Waals surface area contributed by atoms with Crippen LogP contribution in [0.3, 0.4) is 0 Å². The Morgan fingerprint density at radius 3 is 2.71 bits per heavy atom. The van der Waals surface area contributed by atoms with Crippen molar-refractivity contribution in [3.8, 4) is 0 Å². The first-order valence-corrected chi connectivity index (χ1v) is 7.18. The van der Waals surface area contributed by atoms with E-state index < -0.39 is 0 Å². The lowest BCUT2D eigenvalue weighted by molar-refractivity contribution is -0.114. The van der Waals surface area contributed by atoms with Gasteiger partial charge in [-0.2, -0.15) is 0 Å². The molecule has 2 fully saturated rings. The summed E-state index contributed by atoms with van der Waals surface area (Å²) in [6.07, 6.45) is 9.39. The molecule has 0 aromatic heterocycles. The lowest BCUT2D eigenvalue weighted by Gasteiger charge is -2.56. The molecule has 1 heteroatoms. The van der Waals surface area contributed by atoms with E-state index in [2.05, 4.69) is 20.8 Å². The Bertz CT molecular complexity index is 390. The third-order valence-corrected chi connectivity index (χ3v) is 5.90. The first kappa shape index (κ1) is 11.5. The highest BCUT2D eigenvalue weighted by molar-refractivity contribution is 5.93. The zero-order chi connectivity index (χ0) is 12.3. The number of fused-ring (bicyclic) bond motifs is 3. The monoisotopic (exact) mass is 232 g/mol. The summed E-state index contributed by atoms with van der Waals surface area (Å²) in [5.41, 5.74) is 2.31. The predicted octanol–water partition coefficient (Wildman–Crippen LogP) is 4.13. The van der Waals surface area contributed by atoms with Crippen molar-refractivity contribution in [2.45, 2.75) is 59.3 Å². The molecule has 3 rings (SSSR count). The number of hydrogen-bond donors (Lipinski definition) is 0. The number of carbonyl (C=O) groups excluding carboxylic acids is 1. The molecule has 0 aliphatic heterocycles. The topological polar surface area (TPSA) is 17.1 Å². The van der Waals surface area contributed by atoms with Gasteiger partial charge in [-0.1, -0.05) is 32.8 Å². The van der Waals surface area contributed by atoms with Crippen LogP contribution in [-0.2, 0) is 4.79 Å². The third-order valence-electron chi connectivity index (χ3n) is 5.90. The summed E-state index contributed by atoms with van der Waals surface area (Å²) in [6, 6.07) is 0. The van der Waals surface area contributed by atoms with Gasteiger partial charge < -0.3 is 0 Å². The van der Waals surface area contributed by atoms with Gasteiger partial charge in [0.15, 0.2) is 5.78 Å². The first-order valence-electron chi connectivity index (χ1n) is 7.18. The maximum atomic E-state index is 11.7. The van der Waals surface area contributed by atoms with Gasteiger partial charge in [0.05, 0.1) is 0 Å². The molecule has 0 saturated heterocycles. The molecule has 0 aromatic carbocycles. The van der Waals surface area contributed by atoms with Crippen LogP contribution in [0.5, 0.6) is 0 Å². The maximum absolute atomic E-state index is 11.7. The molecule has 3 atom stereocenters. The lowest BCUT2D eigenvalue weighted by Crippen LogP contribution is -2.46. The highest BCUT2D eigenvalue weighted by atomic mass is 16.1. The number of allylic oxidation sites excluding steroid dienone is 2. The Labute approximate surface area is 105 Å². The summed E-state index contributed by atoms with van der Waals surface area (Å²) < 4.78 is 0. The minimum Gasteiger partial charge on any atom is -0.295 e. The van der Waals surface area contributed by atoms with Crippen LogP contribution in [-0.4, -0.2) is 5.78 Å². The predicted molar refractivity (Wildman–Crippen MR) is 69.7 cm³/mol. The normalized spacial score (nSPS) is 43.9. The van der Waals surface area contributed by atoms with Gasteiger partial charge in [-0.3, -0.25) is 4.79 Å². The number of hydrogen-bond acceptors (Lipinski definition) is 1. The van der Waals surface area contributed by atoms with E-state index in [1.165, 1.54) is 37.7 Å². The van der Waals surface area contributed by atoms with Gasteiger partial charge in [-0.25, -0.2) is 0 Å². The van der Waals surface area contributed by atoms with E-state index in [4.69, 9.17) is 0 Å². The summed E-state index contributed by atoms with van der Waals surface area (Å²) in [7, 11) is 0. The van der Waals surface area contributed by atoms with Gasteiger partial charge in [0.2, 0.25) is 0 Å². The van der Waals surface area contributed by atoms with Crippen molar-refractivity contribution in [2.75, 3.05) is 0 Å². The zero-order valence-corrected chi connectivity index (χ0v) is 11.4. The van der Waals surface area contributed by atoms with Crippen LogP contribution in [0.1, 0.15) is 59.3 Å². The number of ketones is 1. The van der Waals surface area contributed by atoms with Crippen LogP contribution in [0.2, 0.25) is 0 Å². The van der Waals surface area contributed by atoms with Crippen molar-refractivity contribution < 1.29 is 4.79 Å². The van der Waals surface area contributed by atoms with Gasteiger partial charge in [0, 0.05) is 6.42 Å². The summed E-state index contributed by atoms with van der Waals surface area (Å²) in [4.78, 5) is 11.7. The molecular formula is C16H24O. The van der Waals surface area contributed by atoms with E-state index in [9.17, 15) is 4.79 Å². The second-order valence-corrected chi connectivity index (χ2v) is 7.36. The minimum absolute atomic E-state index is 0.330.